The summed E-state index contributed by atoms with van der Waals surface area (Å²) in [6.07, 6.45) is 4.34. The van der Waals surface area contributed by atoms with Gasteiger partial charge in [0.1, 0.15) is 11.9 Å². The zero-order valence-electron chi connectivity index (χ0n) is 18.4. The van der Waals surface area contributed by atoms with Gasteiger partial charge in [-0.3, -0.25) is 9.59 Å². The Morgan fingerprint density at radius 3 is 2.69 bits per heavy atom. The number of hydrogen-bond donors (Lipinski definition) is 2. The first-order valence-corrected chi connectivity index (χ1v) is 10.7. The van der Waals surface area contributed by atoms with E-state index >= 15 is 0 Å². The summed E-state index contributed by atoms with van der Waals surface area (Å²) >= 11 is 0. The van der Waals surface area contributed by atoms with Crippen molar-refractivity contribution in [3.8, 4) is 5.75 Å². The van der Waals surface area contributed by atoms with E-state index in [-0.39, 0.29) is 36.8 Å². The summed E-state index contributed by atoms with van der Waals surface area (Å²) in [5.41, 5.74) is 6.18. The number of carbonyl (C=O) groups excluding carboxylic acids is 2. The predicted octanol–water partition coefficient (Wildman–Crippen LogP) is 4.34. The van der Waals surface area contributed by atoms with Crippen molar-refractivity contribution in [2.45, 2.75) is 45.6 Å². The Labute approximate surface area is 195 Å². The second kappa shape index (κ2) is 12.7. The Kier molecular flexibility index (Phi) is 10.0. The van der Waals surface area contributed by atoms with Gasteiger partial charge < -0.3 is 20.2 Å². The molecule has 0 aliphatic carbocycles. The Balaban J connectivity index is 0.00000363. The number of fused-ring (bicyclic) bond motifs is 1. The van der Waals surface area contributed by atoms with E-state index in [0.29, 0.717) is 17.9 Å². The summed E-state index contributed by atoms with van der Waals surface area (Å²) in [5.74, 6) is 0.331. The van der Waals surface area contributed by atoms with Crippen LogP contribution in [0.25, 0.3) is 0 Å². The number of rotatable bonds is 9. The van der Waals surface area contributed by atoms with E-state index in [2.05, 4.69) is 22.8 Å². The van der Waals surface area contributed by atoms with Crippen LogP contribution in [0.5, 0.6) is 5.75 Å². The molecule has 1 aliphatic rings. The average Bonchev–Trinajstić information content (AvgIpc) is 2.77. The molecule has 2 aromatic rings. The van der Waals surface area contributed by atoms with E-state index in [9.17, 15) is 9.59 Å². The van der Waals surface area contributed by atoms with Gasteiger partial charge in [0.2, 0.25) is 0 Å². The zero-order valence-corrected chi connectivity index (χ0v) is 19.2. The van der Waals surface area contributed by atoms with E-state index in [0.717, 1.165) is 42.7 Å². The second-order valence-corrected chi connectivity index (χ2v) is 7.35. The van der Waals surface area contributed by atoms with Gasteiger partial charge in [0, 0.05) is 17.8 Å². The lowest BCUT2D eigenvalue weighted by Gasteiger charge is -2.26. The number of halogens is 1. The summed E-state index contributed by atoms with van der Waals surface area (Å²) in [6, 6.07) is 12.8. The number of anilines is 1. The van der Waals surface area contributed by atoms with Gasteiger partial charge in [0.25, 0.3) is 5.91 Å². The van der Waals surface area contributed by atoms with Crippen LogP contribution in [0.4, 0.5) is 5.69 Å². The van der Waals surface area contributed by atoms with Crippen molar-refractivity contribution < 1.29 is 19.1 Å². The molecule has 0 fully saturated rings. The summed E-state index contributed by atoms with van der Waals surface area (Å²) in [5, 5.41) is 7.06. The number of nitrogens with one attached hydrogen (secondary N) is 2. The quantitative estimate of drug-likeness (QED) is 0.252. The number of ether oxygens (including phenoxy) is 2. The van der Waals surface area contributed by atoms with Gasteiger partial charge in [-0.15, -0.1) is 12.4 Å². The van der Waals surface area contributed by atoms with Crippen LogP contribution >= 0.6 is 12.4 Å². The number of amides is 1. The van der Waals surface area contributed by atoms with Crippen molar-refractivity contribution in [1.29, 1.82) is 0 Å². The molecule has 0 spiro atoms. The minimum atomic E-state index is -0.241. The molecule has 1 atom stereocenters. The first-order valence-electron chi connectivity index (χ1n) is 10.7. The minimum absolute atomic E-state index is 0. The summed E-state index contributed by atoms with van der Waals surface area (Å²) in [7, 11) is 0. The second-order valence-electron chi connectivity index (χ2n) is 7.35. The largest absolute Gasteiger partial charge is 0.490 e. The molecule has 8 heteroatoms. The summed E-state index contributed by atoms with van der Waals surface area (Å²) < 4.78 is 10.9. The van der Waals surface area contributed by atoms with Gasteiger partial charge in [-0.25, -0.2) is 0 Å². The molecular formula is C24H30ClN3O4. The van der Waals surface area contributed by atoms with Crippen molar-refractivity contribution >= 4 is 36.2 Å². The van der Waals surface area contributed by atoms with Crippen LogP contribution < -0.4 is 15.5 Å². The molecule has 1 amide bonds. The molecule has 0 aromatic heterocycles. The van der Waals surface area contributed by atoms with Crippen molar-refractivity contribution in [3.05, 3.63) is 59.2 Å². The highest BCUT2D eigenvalue weighted by molar-refractivity contribution is 6.04. The third-order valence-corrected chi connectivity index (χ3v) is 4.89. The molecule has 7 nitrogen and oxygen atoms in total. The first-order chi connectivity index (χ1) is 15.1. The van der Waals surface area contributed by atoms with Gasteiger partial charge in [-0.2, -0.15) is 5.10 Å². The third kappa shape index (κ3) is 7.27. The summed E-state index contributed by atoms with van der Waals surface area (Å²) in [4.78, 5) is 24.3. The molecule has 3 rings (SSSR count). The molecule has 32 heavy (non-hydrogen) atoms. The lowest BCUT2D eigenvalue weighted by molar-refractivity contribution is -0.145. The van der Waals surface area contributed by atoms with Gasteiger partial charge in [0.05, 0.1) is 19.2 Å². The number of esters is 1. The number of carbonyl (C=O) groups is 2. The number of aryl methyl sites for hydroxylation is 1. The third-order valence-electron chi connectivity index (χ3n) is 4.89. The molecule has 172 valence electrons. The Hall–Kier alpha value is -3.06. The maximum atomic E-state index is 12.6. The molecule has 0 saturated carbocycles. The van der Waals surface area contributed by atoms with Gasteiger partial charge in [0.15, 0.2) is 0 Å². The van der Waals surface area contributed by atoms with Gasteiger partial charge in [-0.05, 0) is 67.6 Å². The van der Waals surface area contributed by atoms with Crippen LogP contribution in [0.1, 0.15) is 54.6 Å². The van der Waals surface area contributed by atoms with Crippen LogP contribution in [0.3, 0.4) is 0 Å². The maximum absolute atomic E-state index is 12.6. The average molecular weight is 460 g/mol. The maximum Gasteiger partial charge on any atom is 0.309 e. The van der Waals surface area contributed by atoms with Crippen LogP contribution in [-0.2, 0) is 16.0 Å². The number of hydrazone groups is 1. The lowest BCUT2D eigenvalue weighted by atomic mass is 10.00. The van der Waals surface area contributed by atoms with Crippen molar-refractivity contribution in [1.82, 2.24) is 5.43 Å². The highest BCUT2D eigenvalue weighted by atomic mass is 35.5. The van der Waals surface area contributed by atoms with Crippen LogP contribution in [0.2, 0.25) is 0 Å². The molecule has 2 aromatic carbocycles. The molecule has 0 bridgehead atoms. The monoisotopic (exact) mass is 459 g/mol. The van der Waals surface area contributed by atoms with Crippen molar-refractivity contribution in [2.24, 2.45) is 5.10 Å². The van der Waals surface area contributed by atoms with E-state index in [1.807, 2.05) is 30.3 Å². The number of hydrogen-bond acceptors (Lipinski definition) is 6. The van der Waals surface area contributed by atoms with E-state index < -0.39 is 0 Å². The van der Waals surface area contributed by atoms with Crippen molar-refractivity contribution in [2.75, 3.05) is 18.5 Å². The molecule has 2 N–H and O–H groups in total. The van der Waals surface area contributed by atoms with Crippen LogP contribution in [0.15, 0.2) is 47.6 Å². The van der Waals surface area contributed by atoms with E-state index in [4.69, 9.17) is 9.47 Å². The number of benzene rings is 2. The number of nitrogens with zero attached hydrogens (tertiary/aromatic N) is 1. The fourth-order valence-corrected chi connectivity index (χ4v) is 3.29. The Bertz CT molecular complexity index is 931. The van der Waals surface area contributed by atoms with Crippen LogP contribution in [-0.4, -0.2) is 37.3 Å². The minimum Gasteiger partial charge on any atom is -0.490 e. The van der Waals surface area contributed by atoms with Gasteiger partial charge in [-0.1, -0.05) is 19.1 Å². The molecule has 1 aliphatic heterocycles. The fourth-order valence-electron chi connectivity index (χ4n) is 3.29. The first kappa shape index (κ1) is 25.2. The zero-order chi connectivity index (χ0) is 22.1. The molecular weight excluding hydrogens is 430 g/mol. The smallest absolute Gasteiger partial charge is 0.309 e. The van der Waals surface area contributed by atoms with E-state index in [1.54, 1.807) is 25.3 Å². The highest BCUT2D eigenvalue weighted by Gasteiger charge is 2.23. The lowest BCUT2D eigenvalue weighted by Crippen LogP contribution is -2.26. The normalized spacial score (nSPS) is 14.6. The standard InChI is InChI=1S/C24H29N3O4.ClH/c1-3-13-25-26-16-17-5-7-18(8-6-17)24(29)27-20-10-12-22-19(14-20)9-11-21(31-22)15-23(28)30-4-2;/h5-8,10,12,14,16,21,25H,3-4,9,11,13,15H2,1-2H3,(H,27,29);1H. The Morgan fingerprint density at radius 2 is 1.97 bits per heavy atom. The van der Waals surface area contributed by atoms with E-state index in [1.165, 1.54) is 0 Å². The molecule has 0 radical (unpaired) electrons. The molecule has 1 unspecified atom stereocenters. The Morgan fingerprint density at radius 1 is 1.19 bits per heavy atom. The van der Waals surface area contributed by atoms with Crippen molar-refractivity contribution in [3.63, 3.8) is 0 Å². The SMILES string of the molecule is CCCNN=Cc1ccc(C(=O)Nc2ccc3c(c2)CCC(CC(=O)OCC)O3)cc1.Cl. The fraction of sp³-hybridized carbons (Fsp3) is 0.375. The topological polar surface area (TPSA) is 89.0 Å². The van der Waals surface area contributed by atoms with Gasteiger partial charge >= 0.3 is 5.97 Å². The van der Waals surface area contributed by atoms with Crippen LogP contribution in [0, 0.1) is 0 Å². The molecule has 0 saturated heterocycles. The summed E-state index contributed by atoms with van der Waals surface area (Å²) in [6.45, 7) is 5.07. The predicted molar refractivity (Wildman–Crippen MR) is 128 cm³/mol. The molecule has 1 heterocycles. The highest BCUT2D eigenvalue weighted by Crippen LogP contribution is 2.31.